The molecule has 0 aliphatic carbocycles. The maximum atomic E-state index is 11.9. The highest BCUT2D eigenvalue weighted by Gasteiger charge is 2.24. The van der Waals surface area contributed by atoms with Gasteiger partial charge in [-0.2, -0.15) is 0 Å². The summed E-state index contributed by atoms with van der Waals surface area (Å²) >= 11 is 0. The molecular weight excluding hydrogens is 344 g/mol. The van der Waals surface area contributed by atoms with Crippen LogP contribution >= 0.6 is 0 Å². The van der Waals surface area contributed by atoms with Gasteiger partial charge in [0.25, 0.3) is 5.56 Å². The number of H-pyrrole nitrogens is 1. The molecule has 0 radical (unpaired) electrons. The van der Waals surface area contributed by atoms with E-state index in [-0.39, 0.29) is 5.56 Å². The Labute approximate surface area is 159 Å². The fourth-order valence-electron chi connectivity index (χ4n) is 3.58. The molecule has 7 heteroatoms. The Morgan fingerprint density at radius 1 is 1.19 bits per heavy atom. The van der Waals surface area contributed by atoms with Gasteiger partial charge in [0.05, 0.1) is 25.5 Å². The predicted octanol–water partition coefficient (Wildman–Crippen LogP) is 2.23. The first-order chi connectivity index (χ1) is 13.0. The van der Waals surface area contributed by atoms with Gasteiger partial charge in [0.2, 0.25) is 5.95 Å². The average Bonchev–Trinajstić information content (AvgIpc) is 2.68. The second-order valence-electron chi connectivity index (χ2n) is 7.08. The van der Waals surface area contributed by atoms with Crippen LogP contribution in [-0.4, -0.2) is 56.3 Å². The van der Waals surface area contributed by atoms with E-state index in [2.05, 4.69) is 14.9 Å². The standard InChI is InChI=1S/C20H28N4O3/c1-23(2)20-21-16(12-19(25)22-20)14-8-10-24(11-9-14)13-15-17(26-3)6-5-7-18(15)27-4/h5-7,12,14H,8-11,13H2,1-4H3,(H,21,22,25). The lowest BCUT2D eigenvalue weighted by atomic mass is 9.93. The van der Waals surface area contributed by atoms with Crippen LogP contribution in [0.5, 0.6) is 11.5 Å². The third-order valence-corrected chi connectivity index (χ3v) is 5.09. The number of aromatic nitrogens is 2. The highest BCUT2D eigenvalue weighted by molar-refractivity contribution is 5.44. The molecule has 0 atom stereocenters. The van der Waals surface area contributed by atoms with Crippen molar-refractivity contribution in [1.29, 1.82) is 0 Å². The molecule has 0 amide bonds. The van der Waals surface area contributed by atoms with E-state index < -0.39 is 0 Å². The van der Waals surface area contributed by atoms with Gasteiger partial charge in [0.15, 0.2) is 0 Å². The van der Waals surface area contributed by atoms with Crippen molar-refractivity contribution in [3.8, 4) is 11.5 Å². The van der Waals surface area contributed by atoms with Gasteiger partial charge in [-0.15, -0.1) is 0 Å². The Morgan fingerprint density at radius 2 is 1.81 bits per heavy atom. The number of aromatic amines is 1. The zero-order chi connectivity index (χ0) is 19.4. The second kappa shape index (κ2) is 8.43. The lowest BCUT2D eigenvalue weighted by Crippen LogP contribution is -2.33. The van der Waals surface area contributed by atoms with Gasteiger partial charge in [-0.1, -0.05) is 6.07 Å². The largest absolute Gasteiger partial charge is 0.496 e. The van der Waals surface area contributed by atoms with Crippen molar-refractivity contribution in [2.75, 3.05) is 46.3 Å². The van der Waals surface area contributed by atoms with E-state index in [0.717, 1.165) is 55.2 Å². The number of piperidine rings is 1. The van der Waals surface area contributed by atoms with Crippen molar-refractivity contribution in [3.63, 3.8) is 0 Å². The van der Waals surface area contributed by atoms with Gasteiger partial charge in [-0.05, 0) is 38.1 Å². The number of ether oxygens (including phenoxy) is 2. The van der Waals surface area contributed by atoms with E-state index in [9.17, 15) is 4.79 Å². The van der Waals surface area contributed by atoms with Crippen LogP contribution in [0.3, 0.4) is 0 Å². The molecule has 1 aliphatic heterocycles. The minimum Gasteiger partial charge on any atom is -0.496 e. The van der Waals surface area contributed by atoms with E-state index in [0.29, 0.717) is 11.9 Å². The number of likely N-dealkylation sites (tertiary alicyclic amines) is 1. The third kappa shape index (κ3) is 4.42. The first-order valence-corrected chi connectivity index (χ1v) is 9.22. The number of nitrogens with one attached hydrogen (secondary N) is 1. The summed E-state index contributed by atoms with van der Waals surface area (Å²) < 4.78 is 11.0. The van der Waals surface area contributed by atoms with Crippen LogP contribution in [0, 0.1) is 0 Å². The first kappa shape index (κ1) is 19.2. The maximum Gasteiger partial charge on any atom is 0.252 e. The molecule has 1 aromatic carbocycles. The van der Waals surface area contributed by atoms with Crippen LogP contribution in [0.4, 0.5) is 5.95 Å². The molecular formula is C20H28N4O3. The smallest absolute Gasteiger partial charge is 0.252 e. The third-order valence-electron chi connectivity index (χ3n) is 5.09. The fraction of sp³-hybridized carbons (Fsp3) is 0.500. The molecule has 0 unspecified atom stereocenters. The highest BCUT2D eigenvalue weighted by Crippen LogP contribution is 2.32. The van der Waals surface area contributed by atoms with Crippen LogP contribution in [0.2, 0.25) is 0 Å². The molecule has 0 bridgehead atoms. The SMILES string of the molecule is COc1cccc(OC)c1CN1CCC(c2cc(=O)[nH]c(N(C)C)n2)CC1. The second-order valence-corrected chi connectivity index (χ2v) is 7.08. The highest BCUT2D eigenvalue weighted by atomic mass is 16.5. The number of nitrogens with zero attached hydrogens (tertiary/aromatic N) is 3. The van der Waals surface area contributed by atoms with Crippen molar-refractivity contribution >= 4 is 5.95 Å². The fourth-order valence-corrected chi connectivity index (χ4v) is 3.58. The Bertz CT molecular complexity index is 804. The topological polar surface area (TPSA) is 70.7 Å². The molecule has 0 saturated carbocycles. The molecule has 3 rings (SSSR count). The Kier molecular flexibility index (Phi) is 6.01. The monoisotopic (exact) mass is 372 g/mol. The maximum absolute atomic E-state index is 11.9. The Balaban J connectivity index is 1.69. The van der Waals surface area contributed by atoms with E-state index >= 15 is 0 Å². The molecule has 2 heterocycles. The summed E-state index contributed by atoms with van der Waals surface area (Å²) in [5, 5.41) is 0. The van der Waals surface area contributed by atoms with Gasteiger partial charge < -0.3 is 14.4 Å². The molecule has 146 valence electrons. The lowest BCUT2D eigenvalue weighted by Gasteiger charge is -2.32. The molecule has 1 fully saturated rings. The lowest BCUT2D eigenvalue weighted by molar-refractivity contribution is 0.198. The molecule has 7 nitrogen and oxygen atoms in total. The van der Waals surface area contributed by atoms with Crippen molar-refractivity contribution in [2.45, 2.75) is 25.3 Å². The molecule has 1 saturated heterocycles. The number of methoxy groups -OCH3 is 2. The van der Waals surface area contributed by atoms with Crippen LogP contribution in [0.15, 0.2) is 29.1 Å². The molecule has 1 aliphatic rings. The van der Waals surface area contributed by atoms with Crippen LogP contribution < -0.4 is 19.9 Å². The van der Waals surface area contributed by atoms with E-state index in [1.54, 1.807) is 20.3 Å². The first-order valence-electron chi connectivity index (χ1n) is 9.22. The molecule has 2 aromatic rings. The average molecular weight is 372 g/mol. The molecule has 27 heavy (non-hydrogen) atoms. The van der Waals surface area contributed by atoms with Gasteiger partial charge in [0.1, 0.15) is 11.5 Å². The summed E-state index contributed by atoms with van der Waals surface area (Å²) in [6.07, 6.45) is 1.95. The van der Waals surface area contributed by atoms with Gasteiger partial charge in [0, 0.05) is 32.6 Å². The van der Waals surface area contributed by atoms with Crippen LogP contribution in [-0.2, 0) is 6.54 Å². The van der Waals surface area contributed by atoms with Crippen LogP contribution in [0.25, 0.3) is 0 Å². The summed E-state index contributed by atoms with van der Waals surface area (Å²) in [4.78, 5) is 23.6. The van der Waals surface area contributed by atoms with E-state index in [4.69, 9.17) is 9.47 Å². The zero-order valence-corrected chi connectivity index (χ0v) is 16.5. The van der Waals surface area contributed by atoms with Gasteiger partial charge >= 0.3 is 0 Å². The van der Waals surface area contributed by atoms with E-state index in [1.807, 2.05) is 37.2 Å². The van der Waals surface area contributed by atoms with E-state index in [1.165, 1.54) is 0 Å². The van der Waals surface area contributed by atoms with Crippen molar-refractivity contribution < 1.29 is 9.47 Å². The van der Waals surface area contributed by atoms with Crippen molar-refractivity contribution in [3.05, 3.63) is 45.9 Å². The van der Waals surface area contributed by atoms with Gasteiger partial charge in [-0.3, -0.25) is 14.7 Å². The minimum absolute atomic E-state index is 0.0927. The number of hydrogen-bond donors (Lipinski definition) is 1. The number of benzene rings is 1. The van der Waals surface area contributed by atoms with Gasteiger partial charge in [-0.25, -0.2) is 4.98 Å². The number of rotatable bonds is 6. The summed E-state index contributed by atoms with van der Waals surface area (Å²) in [5.74, 6) is 2.62. The summed E-state index contributed by atoms with van der Waals surface area (Å²) in [6.45, 7) is 2.67. The number of hydrogen-bond acceptors (Lipinski definition) is 6. The van der Waals surface area contributed by atoms with Crippen LogP contribution in [0.1, 0.15) is 30.0 Å². The minimum atomic E-state index is -0.0927. The van der Waals surface area contributed by atoms with Crippen molar-refractivity contribution in [2.24, 2.45) is 0 Å². The zero-order valence-electron chi connectivity index (χ0n) is 16.5. The summed E-state index contributed by atoms with van der Waals surface area (Å²) in [6, 6.07) is 7.51. The number of anilines is 1. The normalized spacial score (nSPS) is 15.6. The Morgan fingerprint density at radius 3 is 2.37 bits per heavy atom. The quantitative estimate of drug-likeness (QED) is 0.839. The Hall–Kier alpha value is -2.54. The predicted molar refractivity (Wildman–Crippen MR) is 106 cm³/mol. The summed E-state index contributed by atoms with van der Waals surface area (Å²) in [5.41, 5.74) is 1.87. The van der Waals surface area contributed by atoms with Crippen molar-refractivity contribution in [1.82, 2.24) is 14.9 Å². The molecule has 0 spiro atoms. The molecule has 1 N–H and O–H groups in total. The molecule has 1 aromatic heterocycles. The summed E-state index contributed by atoms with van der Waals surface area (Å²) in [7, 11) is 7.13.